The number of hydrogen-bond acceptors (Lipinski definition) is 7. The minimum atomic E-state index is -3.60. The van der Waals surface area contributed by atoms with Gasteiger partial charge in [-0.1, -0.05) is 41.7 Å². The summed E-state index contributed by atoms with van der Waals surface area (Å²) in [6.45, 7) is -0.283. The van der Waals surface area contributed by atoms with Gasteiger partial charge in [-0.3, -0.25) is 10.1 Å². The van der Waals surface area contributed by atoms with Crippen molar-refractivity contribution < 1.29 is 18.3 Å². The molecule has 2 N–H and O–H groups in total. The van der Waals surface area contributed by atoms with Crippen LogP contribution in [0.4, 0.5) is 5.13 Å². The van der Waals surface area contributed by atoms with Crippen LogP contribution in [-0.2, 0) is 16.4 Å². The predicted molar refractivity (Wildman–Crippen MR) is 98.8 cm³/mol. The van der Waals surface area contributed by atoms with E-state index in [2.05, 4.69) is 15.3 Å². The van der Waals surface area contributed by atoms with Crippen LogP contribution in [0, 0.1) is 0 Å². The summed E-state index contributed by atoms with van der Waals surface area (Å²) in [5, 5.41) is 12.4. The van der Waals surface area contributed by atoms with Crippen molar-refractivity contribution in [1.29, 1.82) is 0 Å². The molecule has 26 heavy (non-hydrogen) atoms. The molecule has 3 rings (SSSR count). The number of rotatable bonds is 5. The predicted octanol–water partition coefficient (Wildman–Crippen LogP) is 2.35. The van der Waals surface area contributed by atoms with Crippen molar-refractivity contribution in [1.82, 2.24) is 9.97 Å². The molecule has 7 nitrogen and oxygen atoms in total. The zero-order chi connectivity index (χ0) is 18.7. The van der Waals surface area contributed by atoms with E-state index in [4.69, 9.17) is 0 Å². The Morgan fingerprint density at radius 3 is 2.58 bits per heavy atom. The van der Waals surface area contributed by atoms with Gasteiger partial charge in [-0.25, -0.2) is 18.4 Å². The molecule has 0 aliphatic heterocycles. The third-order valence-corrected chi connectivity index (χ3v) is 5.68. The number of anilines is 1. The molecule has 0 fully saturated rings. The molecule has 9 heteroatoms. The Kier molecular flexibility index (Phi) is 5.12. The van der Waals surface area contributed by atoms with Crippen LogP contribution in [0.3, 0.4) is 0 Å². The Bertz CT molecular complexity index is 1050. The SMILES string of the molecule is CS(=O)(=O)c1cccnc1C(=O)Nc1nc(CO)c(-c2ccccc2)s1. The summed E-state index contributed by atoms with van der Waals surface area (Å²) in [4.78, 5) is 21.2. The second kappa shape index (κ2) is 7.32. The highest BCUT2D eigenvalue weighted by molar-refractivity contribution is 7.90. The number of hydrogen-bond donors (Lipinski definition) is 2. The molecule has 2 aromatic heterocycles. The van der Waals surface area contributed by atoms with Crippen LogP contribution in [0.1, 0.15) is 16.2 Å². The third kappa shape index (κ3) is 3.79. The van der Waals surface area contributed by atoms with Crippen LogP contribution < -0.4 is 5.32 Å². The lowest BCUT2D eigenvalue weighted by Gasteiger charge is -2.05. The fourth-order valence-corrected chi connectivity index (χ4v) is 4.14. The summed E-state index contributed by atoms with van der Waals surface area (Å²) in [5.74, 6) is -0.677. The van der Waals surface area contributed by atoms with Crippen LogP contribution in [0.2, 0.25) is 0 Å². The Hall–Kier alpha value is -2.62. The lowest BCUT2D eigenvalue weighted by atomic mass is 10.1. The fraction of sp³-hybridized carbons (Fsp3) is 0.118. The fourth-order valence-electron chi connectivity index (χ4n) is 2.34. The number of benzene rings is 1. The van der Waals surface area contributed by atoms with Crippen LogP contribution in [0.5, 0.6) is 0 Å². The van der Waals surface area contributed by atoms with Crippen molar-refractivity contribution in [2.75, 3.05) is 11.6 Å². The van der Waals surface area contributed by atoms with E-state index >= 15 is 0 Å². The molecule has 0 aliphatic carbocycles. The van der Waals surface area contributed by atoms with Crippen molar-refractivity contribution in [2.45, 2.75) is 11.5 Å². The van der Waals surface area contributed by atoms with Crippen molar-refractivity contribution in [3.8, 4) is 10.4 Å². The number of nitrogens with zero attached hydrogens (tertiary/aromatic N) is 2. The van der Waals surface area contributed by atoms with E-state index in [0.717, 1.165) is 16.7 Å². The molecule has 0 spiro atoms. The average Bonchev–Trinajstić information content (AvgIpc) is 3.04. The normalized spacial score (nSPS) is 11.3. The Morgan fingerprint density at radius 2 is 1.92 bits per heavy atom. The Labute approximate surface area is 154 Å². The molecular formula is C17H15N3O4S2. The number of aliphatic hydroxyl groups is 1. The largest absolute Gasteiger partial charge is 0.390 e. The highest BCUT2D eigenvalue weighted by Gasteiger charge is 2.21. The van der Waals surface area contributed by atoms with Crippen LogP contribution >= 0.6 is 11.3 Å². The average molecular weight is 389 g/mol. The maximum Gasteiger partial charge on any atom is 0.277 e. The number of aliphatic hydroxyl groups excluding tert-OH is 1. The maximum absolute atomic E-state index is 12.5. The second-order valence-electron chi connectivity index (χ2n) is 5.40. The van der Waals surface area contributed by atoms with Crippen LogP contribution in [-0.4, -0.2) is 35.7 Å². The van der Waals surface area contributed by atoms with Gasteiger partial charge in [0.25, 0.3) is 5.91 Å². The lowest BCUT2D eigenvalue weighted by molar-refractivity contribution is 0.101. The van der Waals surface area contributed by atoms with E-state index in [1.807, 2.05) is 30.3 Å². The topological polar surface area (TPSA) is 109 Å². The van der Waals surface area contributed by atoms with Crippen molar-refractivity contribution in [2.24, 2.45) is 0 Å². The molecule has 0 radical (unpaired) electrons. The molecular weight excluding hydrogens is 374 g/mol. The zero-order valence-corrected chi connectivity index (χ0v) is 15.3. The standard InChI is InChI=1S/C17H15N3O4S2/c1-26(23,24)13-8-5-9-18-14(13)16(22)20-17-19-12(10-21)15(25-17)11-6-3-2-4-7-11/h2-9,21H,10H2,1H3,(H,19,20,22). The smallest absolute Gasteiger partial charge is 0.277 e. The van der Waals surface area contributed by atoms with E-state index in [9.17, 15) is 18.3 Å². The number of pyridine rings is 1. The van der Waals surface area contributed by atoms with E-state index in [-0.39, 0.29) is 22.3 Å². The number of carbonyl (C=O) groups excluding carboxylic acids is 1. The molecule has 0 saturated heterocycles. The maximum atomic E-state index is 12.5. The first-order valence-corrected chi connectivity index (χ1v) is 10.2. The van der Waals surface area contributed by atoms with E-state index in [1.54, 1.807) is 0 Å². The minimum Gasteiger partial charge on any atom is -0.390 e. The number of amides is 1. The van der Waals surface area contributed by atoms with E-state index < -0.39 is 15.7 Å². The van der Waals surface area contributed by atoms with Gasteiger partial charge in [-0.05, 0) is 17.7 Å². The van der Waals surface area contributed by atoms with Crippen molar-refractivity contribution in [3.05, 3.63) is 60.0 Å². The van der Waals surface area contributed by atoms with Gasteiger partial charge in [-0.2, -0.15) is 0 Å². The lowest BCUT2D eigenvalue weighted by Crippen LogP contribution is -2.17. The van der Waals surface area contributed by atoms with E-state index in [1.165, 1.54) is 29.7 Å². The minimum absolute atomic E-state index is 0.153. The van der Waals surface area contributed by atoms with Gasteiger partial charge < -0.3 is 5.11 Å². The number of sulfone groups is 1. The first-order chi connectivity index (χ1) is 12.4. The van der Waals surface area contributed by atoms with Crippen LogP contribution in [0.25, 0.3) is 10.4 Å². The first kappa shape index (κ1) is 18.2. The third-order valence-electron chi connectivity index (χ3n) is 3.49. The van der Waals surface area contributed by atoms with Gasteiger partial charge in [0.15, 0.2) is 15.0 Å². The Balaban J connectivity index is 1.94. The quantitative estimate of drug-likeness (QED) is 0.693. The molecule has 2 heterocycles. The van der Waals surface area contributed by atoms with Gasteiger partial charge in [0, 0.05) is 12.5 Å². The molecule has 0 saturated carbocycles. The molecule has 0 atom stereocenters. The summed E-state index contributed by atoms with van der Waals surface area (Å²) in [7, 11) is -3.60. The van der Waals surface area contributed by atoms with Crippen molar-refractivity contribution >= 4 is 32.2 Å². The summed E-state index contributed by atoms with van der Waals surface area (Å²) in [6, 6.07) is 12.1. The van der Waals surface area contributed by atoms with Gasteiger partial charge in [0.1, 0.15) is 5.69 Å². The van der Waals surface area contributed by atoms with Gasteiger partial charge >= 0.3 is 0 Å². The highest BCUT2D eigenvalue weighted by Crippen LogP contribution is 2.33. The summed E-state index contributed by atoms with van der Waals surface area (Å²) < 4.78 is 23.7. The Morgan fingerprint density at radius 1 is 1.19 bits per heavy atom. The number of thiazole rings is 1. The van der Waals surface area contributed by atoms with E-state index in [0.29, 0.717) is 5.69 Å². The van der Waals surface area contributed by atoms with Crippen LogP contribution in [0.15, 0.2) is 53.6 Å². The highest BCUT2D eigenvalue weighted by atomic mass is 32.2. The first-order valence-electron chi connectivity index (χ1n) is 7.52. The monoisotopic (exact) mass is 389 g/mol. The second-order valence-corrected chi connectivity index (χ2v) is 8.38. The number of nitrogens with one attached hydrogen (secondary N) is 1. The molecule has 0 aliphatic rings. The molecule has 0 unspecified atom stereocenters. The van der Waals surface area contributed by atoms with Gasteiger partial charge in [-0.15, -0.1) is 0 Å². The number of carbonyl (C=O) groups is 1. The molecule has 0 bridgehead atoms. The summed E-state index contributed by atoms with van der Waals surface area (Å²) >= 11 is 1.19. The summed E-state index contributed by atoms with van der Waals surface area (Å²) in [5.41, 5.74) is 1.10. The molecule has 134 valence electrons. The van der Waals surface area contributed by atoms with Crippen molar-refractivity contribution in [3.63, 3.8) is 0 Å². The summed E-state index contributed by atoms with van der Waals surface area (Å²) in [6.07, 6.45) is 2.36. The number of aromatic nitrogens is 2. The molecule has 1 aromatic carbocycles. The molecule has 1 amide bonds. The molecule has 3 aromatic rings. The van der Waals surface area contributed by atoms with Gasteiger partial charge in [0.05, 0.1) is 22.1 Å². The van der Waals surface area contributed by atoms with Gasteiger partial charge in [0.2, 0.25) is 0 Å². The zero-order valence-electron chi connectivity index (χ0n) is 13.7.